The molecular weight excluding hydrogens is 252 g/mol. The predicted octanol–water partition coefficient (Wildman–Crippen LogP) is 2.28. The molecule has 4 nitrogen and oxygen atoms in total. The molecule has 0 aromatic carbocycles. The predicted molar refractivity (Wildman–Crippen MR) is 80.8 cm³/mol. The summed E-state index contributed by atoms with van der Waals surface area (Å²) in [5.41, 5.74) is 0. The average Bonchev–Trinajstić information content (AvgIpc) is 2.52. The zero-order chi connectivity index (χ0) is 14.2. The number of unbranched alkanes of at least 4 members (excludes halogenated alkanes) is 1. The Kier molecular flexibility index (Phi) is 6.80. The number of nitrogens with zero attached hydrogens (tertiary/aromatic N) is 2. The van der Waals surface area contributed by atoms with Crippen LogP contribution in [0.25, 0.3) is 0 Å². The minimum Gasteiger partial charge on any atom is -0.379 e. The normalized spacial score (nSPS) is 24.9. The molecule has 2 rings (SSSR count). The maximum atomic E-state index is 12.3. The van der Waals surface area contributed by atoms with Gasteiger partial charge >= 0.3 is 0 Å². The molecule has 0 saturated carbocycles. The molecule has 4 heteroatoms. The molecule has 1 atom stereocenters. The Labute approximate surface area is 123 Å². The number of amides is 1. The van der Waals surface area contributed by atoms with Crippen molar-refractivity contribution in [2.75, 3.05) is 39.4 Å². The van der Waals surface area contributed by atoms with E-state index in [1.165, 1.54) is 19.3 Å². The van der Waals surface area contributed by atoms with Gasteiger partial charge in [-0.05, 0) is 32.1 Å². The summed E-state index contributed by atoms with van der Waals surface area (Å²) >= 11 is 0. The van der Waals surface area contributed by atoms with E-state index in [0.717, 1.165) is 65.1 Å². The van der Waals surface area contributed by atoms with E-state index in [2.05, 4.69) is 16.7 Å². The van der Waals surface area contributed by atoms with Crippen LogP contribution in [0.3, 0.4) is 0 Å². The number of hydrogen-bond acceptors (Lipinski definition) is 3. The molecule has 0 aliphatic carbocycles. The molecule has 0 radical (unpaired) electrons. The van der Waals surface area contributed by atoms with Crippen molar-refractivity contribution in [3.63, 3.8) is 0 Å². The van der Waals surface area contributed by atoms with E-state index < -0.39 is 0 Å². The van der Waals surface area contributed by atoms with Crippen molar-refractivity contribution in [1.82, 2.24) is 9.80 Å². The lowest BCUT2D eigenvalue weighted by Crippen LogP contribution is -2.46. The van der Waals surface area contributed by atoms with Crippen molar-refractivity contribution in [3.05, 3.63) is 0 Å². The van der Waals surface area contributed by atoms with E-state index in [1.807, 2.05) is 0 Å². The molecule has 0 aromatic rings. The van der Waals surface area contributed by atoms with Crippen LogP contribution < -0.4 is 0 Å². The highest BCUT2D eigenvalue weighted by molar-refractivity contribution is 5.76. The lowest BCUT2D eigenvalue weighted by molar-refractivity contribution is -0.135. The second kappa shape index (κ2) is 8.63. The molecule has 0 aromatic heterocycles. The molecule has 2 fully saturated rings. The van der Waals surface area contributed by atoms with Crippen molar-refractivity contribution in [2.45, 2.75) is 57.9 Å². The highest BCUT2D eigenvalue weighted by Crippen LogP contribution is 2.21. The Morgan fingerprint density at radius 2 is 2.00 bits per heavy atom. The van der Waals surface area contributed by atoms with Gasteiger partial charge in [-0.25, -0.2) is 0 Å². The van der Waals surface area contributed by atoms with Crippen molar-refractivity contribution >= 4 is 5.91 Å². The monoisotopic (exact) mass is 282 g/mol. The van der Waals surface area contributed by atoms with Crippen molar-refractivity contribution in [3.8, 4) is 0 Å². The molecular formula is C16H30N2O2. The van der Waals surface area contributed by atoms with Crippen molar-refractivity contribution in [1.29, 1.82) is 0 Å². The van der Waals surface area contributed by atoms with E-state index in [1.54, 1.807) is 0 Å². The Balaban J connectivity index is 1.78. The zero-order valence-electron chi connectivity index (χ0n) is 13.0. The number of carbonyl (C=O) groups excluding carboxylic acids is 1. The third kappa shape index (κ3) is 4.74. The van der Waals surface area contributed by atoms with Gasteiger partial charge in [-0.1, -0.05) is 13.3 Å². The summed E-state index contributed by atoms with van der Waals surface area (Å²) in [6.07, 6.45) is 7.69. The summed E-state index contributed by atoms with van der Waals surface area (Å²) < 4.78 is 5.39. The molecule has 0 N–H and O–H groups in total. The third-order valence-corrected chi connectivity index (χ3v) is 4.57. The molecule has 20 heavy (non-hydrogen) atoms. The first kappa shape index (κ1) is 15.8. The maximum absolute atomic E-state index is 12.3. The van der Waals surface area contributed by atoms with Gasteiger partial charge in [-0.3, -0.25) is 9.69 Å². The van der Waals surface area contributed by atoms with Gasteiger partial charge in [-0.2, -0.15) is 0 Å². The van der Waals surface area contributed by atoms with Crippen LogP contribution >= 0.6 is 0 Å². The maximum Gasteiger partial charge on any atom is 0.222 e. The first-order chi connectivity index (χ1) is 9.81. The van der Waals surface area contributed by atoms with Gasteiger partial charge in [0.05, 0.1) is 13.2 Å². The SMILES string of the molecule is CCCCC(=O)N1CCCC[C@H]1CCN1CCOCC1. The second-order valence-corrected chi connectivity index (χ2v) is 6.08. The summed E-state index contributed by atoms with van der Waals surface area (Å²) in [5.74, 6) is 0.388. The number of morpholine rings is 1. The lowest BCUT2D eigenvalue weighted by atomic mass is 9.98. The Morgan fingerprint density at radius 3 is 2.75 bits per heavy atom. The van der Waals surface area contributed by atoms with Crippen LogP contribution in [0.2, 0.25) is 0 Å². The number of ether oxygens (including phenoxy) is 1. The number of carbonyl (C=O) groups is 1. The summed E-state index contributed by atoms with van der Waals surface area (Å²) in [5, 5.41) is 0. The number of piperidine rings is 1. The van der Waals surface area contributed by atoms with E-state index in [-0.39, 0.29) is 0 Å². The summed E-state index contributed by atoms with van der Waals surface area (Å²) in [7, 11) is 0. The van der Waals surface area contributed by atoms with Gasteiger partial charge in [0.25, 0.3) is 0 Å². The van der Waals surface area contributed by atoms with E-state index in [0.29, 0.717) is 11.9 Å². The fraction of sp³-hybridized carbons (Fsp3) is 0.938. The van der Waals surface area contributed by atoms with Crippen LogP contribution in [0.15, 0.2) is 0 Å². The highest BCUT2D eigenvalue weighted by Gasteiger charge is 2.26. The van der Waals surface area contributed by atoms with Gasteiger partial charge in [-0.15, -0.1) is 0 Å². The van der Waals surface area contributed by atoms with Crippen LogP contribution in [-0.2, 0) is 9.53 Å². The van der Waals surface area contributed by atoms with E-state index in [4.69, 9.17) is 4.74 Å². The minimum atomic E-state index is 0.388. The lowest BCUT2D eigenvalue weighted by Gasteiger charge is -2.37. The van der Waals surface area contributed by atoms with Crippen LogP contribution in [0.4, 0.5) is 0 Å². The van der Waals surface area contributed by atoms with E-state index in [9.17, 15) is 4.79 Å². The van der Waals surface area contributed by atoms with Gasteiger partial charge < -0.3 is 9.64 Å². The molecule has 2 aliphatic rings. The molecule has 116 valence electrons. The molecule has 2 aliphatic heterocycles. The largest absolute Gasteiger partial charge is 0.379 e. The minimum absolute atomic E-state index is 0.388. The van der Waals surface area contributed by atoms with Gasteiger partial charge in [0.15, 0.2) is 0 Å². The van der Waals surface area contributed by atoms with Gasteiger partial charge in [0.1, 0.15) is 0 Å². The highest BCUT2D eigenvalue weighted by atomic mass is 16.5. The Hall–Kier alpha value is -0.610. The first-order valence-corrected chi connectivity index (χ1v) is 8.41. The first-order valence-electron chi connectivity index (χ1n) is 8.41. The van der Waals surface area contributed by atoms with Crippen LogP contribution in [0, 0.1) is 0 Å². The van der Waals surface area contributed by atoms with Crippen molar-refractivity contribution in [2.24, 2.45) is 0 Å². The smallest absolute Gasteiger partial charge is 0.222 e. The number of likely N-dealkylation sites (tertiary alicyclic amines) is 1. The summed E-state index contributed by atoms with van der Waals surface area (Å²) in [6.45, 7) is 8.09. The van der Waals surface area contributed by atoms with E-state index >= 15 is 0 Å². The zero-order valence-corrected chi connectivity index (χ0v) is 13.0. The fourth-order valence-electron chi connectivity index (χ4n) is 3.26. The molecule has 0 bridgehead atoms. The molecule has 2 heterocycles. The molecule has 2 saturated heterocycles. The standard InChI is InChI=1S/C16H30N2O2/c1-2-3-7-16(19)18-9-5-4-6-15(18)8-10-17-11-13-20-14-12-17/h15H,2-14H2,1H3/t15-/m0/s1. The molecule has 1 amide bonds. The summed E-state index contributed by atoms with van der Waals surface area (Å²) in [6, 6.07) is 0.482. The molecule has 0 spiro atoms. The second-order valence-electron chi connectivity index (χ2n) is 6.08. The van der Waals surface area contributed by atoms with Gasteiger partial charge in [0.2, 0.25) is 5.91 Å². The van der Waals surface area contributed by atoms with Crippen LogP contribution in [-0.4, -0.2) is 61.1 Å². The quantitative estimate of drug-likeness (QED) is 0.749. The van der Waals surface area contributed by atoms with Crippen molar-refractivity contribution < 1.29 is 9.53 Å². The van der Waals surface area contributed by atoms with Crippen LogP contribution in [0.5, 0.6) is 0 Å². The third-order valence-electron chi connectivity index (χ3n) is 4.57. The Bertz CT molecular complexity index is 290. The number of rotatable bonds is 6. The topological polar surface area (TPSA) is 32.8 Å². The summed E-state index contributed by atoms with van der Waals surface area (Å²) in [4.78, 5) is 17.0. The van der Waals surface area contributed by atoms with Gasteiger partial charge in [0, 0.05) is 38.6 Å². The Morgan fingerprint density at radius 1 is 1.20 bits per heavy atom. The fourth-order valence-corrected chi connectivity index (χ4v) is 3.26. The average molecular weight is 282 g/mol. The number of hydrogen-bond donors (Lipinski definition) is 0. The van der Waals surface area contributed by atoms with Crippen LogP contribution in [0.1, 0.15) is 51.9 Å². The molecule has 0 unspecified atom stereocenters.